The van der Waals surface area contributed by atoms with Crippen molar-refractivity contribution in [2.45, 2.75) is 45.2 Å². The number of carbonyl (C=O) groups excluding carboxylic acids is 1. The molecule has 0 unspecified atom stereocenters. The quantitative estimate of drug-likeness (QED) is 0.819. The van der Waals surface area contributed by atoms with Gasteiger partial charge in [0.15, 0.2) is 0 Å². The molecule has 2 aromatic rings. The molecule has 1 amide bonds. The van der Waals surface area contributed by atoms with Crippen LogP contribution < -0.4 is 5.32 Å². The predicted molar refractivity (Wildman–Crippen MR) is 106 cm³/mol. The number of nitrogens with zero attached hydrogens (tertiary/aromatic N) is 2. The van der Waals surface area contributed by atoms with Crippen LogP contribution in [-0.4, -0.2) is 41.0 Å². The zero-order valence-electron chi connectivity index (χ0n) is 14.6. The second-order valence-corrected chi connectivity index (χ2v) is 6.87. The summed E-state index contributed by atoms with van der Waals surface area (Å²) in [6.07, 6.45) is 3.31. The van der Waals surface area contributed by atoms with Gasteiger partial charge in [-0.3, -0.25) is 9.78 Å². The lowest BCUT2D eigenvalue weighted by molar-refractivity contribution is 0.0682. The third-order valence-electron chi connectivity index (χ3n) is 5.29. The monoisotopic (exact) mass is 381 g/mol. The van der Waals surface area contributed by atoms with Crippen molar-refractivity contribution in [1.29, 1.82) is 0 Å². The lowest BCUT2D eigenvalue weighted by Crippen LogP contribution is -2.42. The summed E-state index contributed by atoms with van der Waals surface area (Å²) in [6, 6.07) is 8.79. The molecule has 2 bridgehead atoms. The Kier molecular flexibility index (Phi) is 6.30. The summed E-state index contributed by atoms with van der Waals surface area (Å²) < 4.78 is 0. The smallest absolute Gasteiger partial charge is 0.255 e. The van der Waals surface area contributed by atoms with Crippen molar-refractivity contribution in [2.75, 3.05) is 13.1 Å². The molecule has 0 aliphatic carbocycles. The minimum atomic E-state index is 0. The maximum atomic E-state index is 13.4. The van der Waals surface area contributed by atoms with Gasteiger partial charge in [0.05, 0.1) is 11.1 Å². The van der Waals surface area contributed by atoms with E-state index in [1.165, 1.54) is 0 Å². The van der Waals surface area contributed by atoms with Gasteiger partial charge in [-0.15, -0.1) is 24.8 Å². The van der Waals surface area contributed by atoms with E-state index in [1.54, 1.807) is 0 Å². The first kappa shape index (κ1) is 20.0. The van der Waals surface area contributed by atoms with Gasteiger partial charge in [0.2, 0.25) is 0 Å². The predicted octanol–water partition coefficient (Wildman–Crippen LogP) is 3.66. The largest absolute Gasteiger partial charge is 0.331 e. The van der Waals surface area contributed by atoms with Crippen LogP contribution in [0.1, 0.15) is 40.9 Å². The molecule has 136 valence electrons. The third kappa shape index (κ3) is 3.48. The summed E-state index contributed by atoms with van der Waals surface area (Å²) in [5.41, 5.74) is 3.81. The topological polar surface area (TPSA) is 45.2 Å². The molecule has 2 aliphatic heterocycles. The van der Waals surface area contributed by atoms with E-state index in [4.69, 9.17) is 0 Å². The molecule has 1 N–H and O–H groups in total. The Morgan fingerprint density at radius 2 is 1.92 bits per heavy atom. The fourth-order valence-corrected chi connectivity index (χ4v) is 4.15. The van der Waals surface area contributed by atoms with Crippen molar-refractivity contribution < 1.29 is 4.79 Å². The summed E-state index contributed by atoms with van der Waals surface area (Å²) in [5.74, 6) is 0.183. The van der Waals surface area contributed by atoms with Crippen LogP contribution in [0.5, 0.6) is 0 Å². The fraction of sp³-hybridized carbons (Fsp3) is 0.474. The van der Waals surface area contributed by atoms with Crippen molar-refractivity contribution in [3.8, 4) is 0 Å². The van der Waals surface area contributed by atoms with Crippen LogP contribution in [-0.2, 0) is 0 Å². The number of amides is 1. The van der Waals surface area contributed by atoms with Crippen molar-refractivity contribution in [1.82, 2.24) is 15.2 Å². The number of para-hydroxylation sites is 1. The summed E-state index contributed by atoms with van der Waals surface area (Å²) in [5, 5.41) is 4.45. The number of hydrogen-bond acceptors (Lipinski definition) is 3. The fourth-order valence-electron chi connectivity index (χ4n) is 4.15. The molecule has 0 radical (unpaired) electrons. The van der Waals surface area contributed by atoms with Crippen LogP contribution in [0.4, 0.5) is 0 Å². The lowest BCUT2D eigenvalue weighted by atomic mass is 10.0. The highest BCUT2D eigenvalue weighted by Crippen LogP contribution is 2.31. The molecule has 0 saturated carbocycles. The Morgan fingerprint density at radius 3 is 2.72 bits per heavy atom. The molecule has 6 heteroatoms. The minimum absolute atomic E-state index is 0. The molecule has 4 rings (SSSR count). The maximum Gasteiger partial charge on any atom is 0.255 e. The molecule has 0 spiro atoms. The van der Waals surface area contributed by atoms with Gasteiger partial charge in [0, 0.05) is 29.7 Å². The molecular weight excluding hydrogens is 357 g/mol. The number of pyridine rings is 1. The van der Waals surface area contributed by atoms with Crippen molar-refractivity contribution in [3.05, 3.63) is 41.1 Å². The highest BCUT2D eigenvalue weighted by atomic mass is 35.5. The molecule has 4 nitrogen and oxygen atoms in total. The SMILES string of the molecule is Cc1cc(C(=O)N2[C@H]3CCNC[C@@H]2CC3)c2cccc(C)c2n1.Cl.Cl. The van der Waals surface area contributed by atoms with Crippen LogP contribution in [0.15, 0.2) is 24.3 Å². The number of fused-ring (bicyclic) bond motifs is 3. The summed E-state index contributed by atoms with van der Waals surface area (Å²) >= 11 is 0. The van der Waals surface area contributed by atoms with Crippen molar-refractivity contribution >= 4 is 41.6 Å². The molecule has 1 aromatic heterocycles. The Balaban J connectivity index is 0.00000113. The molecule has 1 aromatic carbocycles. The molecule has 2 fully saturated rings. The first-order valence-electron chi connectivity index (χ1n) is 8.55. The van der Waals surface area contributed by atoms with Crippen LogP contribution in [0.3, 0.4) is 0 Å². The van der Waals surface area contributed by atoms with Crippen LogP contribution in [0.2, 0.25) is 0 Å². The van der Waals surface area contributed by atoms with Gasteiger partial charge in [0.25, 0.3) is 5.91 Å². The zero-order valence-corrected chi connectivity index (χ0v) is 16.3. The standard InChI is InChI=1S/C19H23N3O.2ClH/c1-12-4-3-5-16-17(10-13(2)21-18(12)16)19(23)22-14-6-7-15(22)11-20-9-8-14;;/h3-5,10,14-15,20H,6-9,11H2,1-2H3;2*1H/t14-,15+;;/m1../s1. The summed E-state index contributed by atoms with van der Waals surface area (Å²) in [7, 11) is 0. The molecule has 3 heterocycles. The van der Waals surface area contributed by atoms with Crippen LogP contribution >= 0.6 is 24.8 Å². The highest BCUT2D eigenvalue weighted by Gasteiger charge is 2.38. The number of benzene rings is 1. The Hall–Kier alpha value is -1.36. The van der Waals surface area contributed by atoms with Gasteiger partial charge >= 0.3 is 0 Å². The maximum absolute atomic E-state index is 13.4. The van der Waals surface area contributed by atoms with Gasteiger partial charge in [-0.25, -0.2) is 0 Å². The third-order valence-corrected chi connectivity index (χ3v) is 5.29. The van der Waals surface area contributed by atoms with E-state index in [9.17, 15) is 4.79 Å². The second-order valence-electron chi connectivity index (χ2n) is 6.87. The average molecular weight is 382 g/mol. The van der Waals surface area contributed by atoms with E-state index >= 15 is 0 Å². The van der Waals surface area contributed by atoms with Gasteiger partial charge < -0.3 is 10.2 Å². The summed E-state index contributed by atoms with van der Waals surface area (Å²) in [4.78, 5) is 20.2. The minimum Gasteiger partial charge on any atom is -0.331 e. The lowest BCUT2D eigenvalue weighted by Gasteiger charge is -2.28. The number of nitrogens with one attached hydrogen (secondary N) is 1. The van der Waals surface area contributed by atoms with Crippen LogP contribution in [0.25, 0.3) is 10.9 Å². The molecule has 2 atom stereocenters. The van der Waals surface area contributed by atoms with E-state index in [2.05, 4.69) is 28.2 Å². The van der Waals surface area contributed by atoms with Gasteiger partial charge in [-0.1, -0.05) is 18.2 Å². The Labute approximate surface area is 161 Å². The van der Waals surface area contributed by atoms with E-state index in [-0.39, 0.29) is 30.7 Å². The van der Waals surface area contributed by atoms with Gasteiger partial charge in [0.1, 0.15) is 0 Å². The van der Waals surface area contributed by atoms with Crippen molar-refractivity contribution in [2.24, 2.45) is 0 Å². The number of halogens is 2. The molecule has 25 heavy (non-hydrogen) atoms. The number of carbonyl (C=O) groups is 1. The first-order valence-corrected chi connectivity index (χ1v) is 8.55. The number of rotatable bonds is 1. The molecule has 2 saturated heterocycles. The van der Waals surface area contributed by atoms with Crippen LogP contribution in [0, 0.1) is 13.8 Å². The van der Waals surface area contributed by atoms with Gasteiger partial charge in [-0.2, -0.15) is 0 Å². The Bertz CT molecular complexity index is 767. The second kappa shape index (κ2) is 7.90. The van der Waals surface area contributed by atoms with E-state index < -0.39 is 0 Å². The van der Waals surface area contributed by atoms with Gasteiger partial charge in [-0.05, 0) is 51.3 Å². The van der Waals surface area contributed by atoms with Crippen molar-refractivity contribution in [3.63, 3.8) is 0 Å². The first-order chi connectivity index (χ1) is 11.1. The average Bonchev–Trinajstić information content (AvgIpc) is 2.80. The van der Waals surface area contributed by atoms with E-state index in [1.807, 2.05) is 25.1 Å². The summed E-state index contributed by atoms with van der Waals surface area (Å²) in [6.45, 7) is 5.97. The number of aromatic nitrogens is 1. The normalized spacial score (nSPS) is 22.1. The number of aryl methyl sites for hydroxylation is 2. The molecular formula is C19H25Cl2N3O. The van der Waals surface area contributed by atoms with E-state index in [0.29, 0.717) is 12.1 Å². The highest BCUT2D eigenvalue weighted by molar-refractivity contribution is 6.07. The zero-order chi connectivity index (χ0) is 16.0. The number of hydrogen-bond donors (Lipinski definition) is 1. The Morgan fingerprint density at radius 1 is 1.16 bits per heavy atom. The van der Waals surface area contributed by atoms with E-state index in [0.717, 1.165) is 60.1 Å². The molecule has 2 aliphatic rings.